The molecule has 1 aliphatic heterocycles. The van der Waals surface area contributed by atoms with E-state index in [1.54, 1.807) is 0 Å². The van der Waals surface area contributed by atoms with E-state index in [9.17, 15) is 0 Å². The summed E-state index contributed by atoms with van der Waals surface area (Å²) in [6.45, 7) is 6.90. The van der Waals surface area contributed by atoms with Crippen molar-refractivity contribution < 1.29 is 0 Å². The lowest BCUT2D eigenvalue weighted by molar-refractivity contribution is 0.815. The molecule has 1 aliphatic rings. The Labute approximate surface area is 50.1 Å². The van der Waals surface area contributed by atoms with Crippen LogP contribution in [0.15, 0.2) is 17.1 Å². The number of rotatable bonds is 0. The smallest absolute Gasteiger partial charge is 0.0395 e. The van der Waals surface area contributed by atoms with Gasteiger partial charge in [0, 0.05) is 12.3 Å². The third kappa shape index (κ3) is 0.971. The molecule has 0 unspecified atom stereocenters. The molecular weight excluding hydrogens is 98.1 g/mol. The summed E-state index contributed by atoms with van der Waals surface area (Å²) < 4.78 is 0. The largest absolute Gasteiger partial charge is 0.290 e. The standard InChI is InChI=1S/C7H11N/c1-6-4-3-5-8-7(6)2/h1,3-5H2,2H3. The van der Waals surface area contributed by atoms with Gasteiger partial charge in [-0.3, -0.25) is 4.99 Å². The van der Waals surface area contributed by atoms with Crippen molar-refractivity contribution >= 4 is 5.71 Å². The van der Waals surface area contributed by atoms with Crippen molar-refractivity contribution in [3.63, 3.8) is 0 Å². The normalized spacial score (nSPS) is 20.6. The zero-order valence-corrected chi connectivity index (χ0v) is 5.28. The molecule has 0 bridgehead atoms. The maximum atomic E-state index is 4.23. The van der Waals surface area contributed by atoms with Gasteiger partial charge >= 0.3 is 0 Å². The van der Waals surface area contributed by atoms with Crippen LogP contribution >= 0.6 is 0 Å². The first-order chi connectivity index (χ1) is 3.80. The van der Waals surface area contributed by atoms with Crippen LogP contribution in [0, 0.1) is 0 Å². The van der Waals surface area contributed by atoms with Crippen LogP contribution in [0.5, 0.6) is 0 Å². The lowest BCUT2D eigenvalue weighted by atomic mass is 10.1. The van der Waals surface area contributed by atoms with E-state index in [4.69, 9.17) is 0 Å². The number of allylic oxidation sites excluding steroid dienone is 1. The molecule has 1 nitrogen and oxygen atoms in total. The first-order valence-corrected chi connectivity index (χ1v) is 3.00. The molecule has 8 heavy (non-hydrogen) atoms. The summed E-state index contributed by atoms with van der Waals surface area (Å²) in [4.78, 5) is 4.23. The second kappa shape index (κ2) is 2.12. The Hall–Kier alpha value is -0.590. The molecule has 0 saturated carbocycles. The van der Waals surface area contributed by atoms with Crippen LogP contribution in [0.1, 0.15) is 19.8 Å². The minimum atomic E-state index is 1.00. The molecule has 0 aromatic heterocycles. The summed E-state index contributed by atoms with van der Waals surface area (Å²) in [6, 6.07) is 0. The third-order valence-corrected chi connectivity index (χ3v) is 1.50. The van der Waals surface area contributed by atoms with E-state index < -0.39 is 0 Å². The van der Waals surface area contributed by atoms with Crippen LogP contribution in [0.4, 0.5) is 0 Å². The van der Waals surface area contributed by atoms with Crippen molar-refractivity contribution in [3.8, 4) is 0 Å². The van der Waals surface area contributed by atoms with Gasteiger partial charge in [-0.15, -0.1) is 0 Å². The number of hydrogen-bond acceptors (Lipinski definition) is 1. The monoisotopic (exact) mass is 109 g/mol. The average Bonchev–Trinajstić information content (AvgIpc) is 1.77. The van der Waals surface area contributed by atoms with E-state index in [2.05, 4.69) is 11.6 Å². The number of nitrogens with zero attached hydrogens (tertiary/aromatic N) is 1. The van der Waals surface area contributed by atoms with Crippen molar-refractivity contribution in [2.24, 2.45) is 4.99 Å². The summed E-state index contributed by atoms with van der Waals surface area (Å²) in [7, 11) is 0. The van der Waals surface area contributed by atoms with Crippen molar-refractivity contribution in [3.05, 3.63) is 12.2 Å². The van der Waals surface area contributed by atoms with Crippen LogP contribution in [-0.2, 0) is 0 Å². The van der Waals surface area contributed by atoms with Gasteiger partial charge in [0.1, 0.15) is 0 Å². The van der Waals surface area contributed by atoms with Gasteiger partial charge in [-0.25, -0.2) is 0 Å². The van der Waals surface area contributed by atoms with E-state index in [1.807, 2.05) is 6.92 Å². The Balaban J connectivity index is 2.67. The van der Waals surface area contributed by atoms with Gasteiger partial charge < -0.3 is 0 Å². The van der Waals surface area contributed by atoms with Gasteiger partial charge in [-0.2, -0.15) is 0 Å². The zero-order chi connectivity index (χ0) is 5.98. The van der Waals surface area contributed by atoms with Crippen LogP contribution in [0.25, 0.3) is 0 Å². The molecule has 0 aromatic carbocycles. The molecule has 0 N–H and O–H groups in total. The Bertz CT molecular complexity index is 133. The highest BCUT2D eigenvalue weighted by Gasteiger charge is 2.02. The Morgan fingerprint density at radius 1 is 1.62 bits per heavy atom. The minimum absolute atomic E-state index is 1.00. The van der Waals surface area contributed by atoms with Crippen molar-refractivity contribution in [2.45, 2.75) is 19.8 Å². The molecular formula is C7H11N. The molecule has 0 spiro atoms. The van der Waals surface area contributed by atoms with E-state index in [-0.39, 0.29) is 0 Å². The molecule has 0 saturated heterocycles. The molecule has 1 heteroatoms. The van der Waals surface area contributed by atoms with E-state index in [0.717, 1.165) is 18.7 Å². The van der Waals surface area contributed by atoms with Crippen molar-refractivity contribution in [1.29, 1.82) is 0 Å². The Morgan fingerprint density at radius 2 is 2.38 bits per heavy atom. The van der Waals surface area contributed by atoms with Crippen molar-refractivity contribution in [1.82, 2.24) is 0 Å². The van der Waals surface area contributed by atoms with Gasteiger partial charge in [0.2, 0.25) is 0 Å². The van der Waals surface area contributed by atoms with Crippen LogP contribution in [0.2, 0.25) is 0 Å². The highest BCUT2D eigenvalue weighted by atomic mass is 14.7. The minimum Gasteiger partial charge on any atom is -0.290 e. The molecule has 0 fully saturated rings. The fourth-order valence-corrected chi connectivity index (χ4v) is 0.832. The summed E-state index contributed by atoms with van der Waals surface area (Å²) in [5.41, 5.74) is 2.37. The quantitative estimate of drug-likeness (QED) is 0.449. The third-order valence-electron chi connectivity index (χ3n) is 1.50. The SMILES string of the molecule is C=C1CCCN=C1C. The second-order valence-corrected chi connectivity index (χ2v) is 2.17. The fraction of sp³-hybridized carbons (Fsp3) is 0.571. The van der Waals surface area contributed by atoms with Gasteiger partial charge in [0.25, 0.3) is 0 Å². The first-order valence-electron chi connectivity index (χ1n) is 3.00. The predicted octanol–water partition coefficient (Wildman–Crippen LogP) is 1.80. The molecule has 0 aromatic rings. The average molecular weight is 109 g/mol. The highest BCUT2D eigenvalue weighted by Crippen LogP contribution is 2.10. The first kappa shape index (κ1) is 5.54. The predicted molar refractivity (Wildman–Crippen MR) is 36.4 cm³/mol. The second-order valence-electron chi connectivity index (χ2n) is 2.17. The molecule has 0 radical (unpaired) electrons. The van der Waals surface area contributed by atoms with E-state index in [1.165, 1.54) is 12.0 Å². The lowest BCUT2D eigenvalue weighted by Gasteiger charge is -2.09. The maximum Gasteiger partial charge on any atom is 0.0395 e. The Morgan fingerprint density at radius 3 is 2.75 bits per heavy atom. The van der Waals surface area contributed by atoms with Gasteiger partial charge in [-0.05, 0) is 25.3 Å². The van der Waals surface area contributed by atoms with Gasteiger partial charge in [0.05, 0.1) is 0 Å². The molecule has 0 atom stereocenters. The molecule has 0 amide bonds. The van der Waals surface area contributed by atoms with Crippen LogP contribution in [0.3, 0.4) is 0 Å². The van der Waals surface area contributed by atoms with E-state index >= 15 is 0 Å². The maximum absolute atomic E-state index is 4.23. The summed E-state index contributed by atoms with van der Waals surface area (Å²) in [5, 5.41) is 0. The number of hydrogen-bond donors (Lipinski definition) is 0. The van der Waals surface area contributed by atoms with Crippen molar-refractivity contribution in [2.75, 3.05) is 6.54 Å². The van der Waals surface area contributed by atoms with E-state index in [0.29, 0.717) is 0 Å². The molecule has 1 heterocycles. The zero-order valence-electron chi connectivity index (χ0n) is 5.28. The van der Waals surface area contributed by atoms with Gasteiger partial charge in [0.15, 0.2) is 0 Å². The molecule has 1 rings (SSSR count). The summed E-state index contributed by atoms with van der Waals surface area (Å²) in [6.07, 6.45) is 2.34. The summed E-state index contributed by atoms with van der Waals surface area (Å²) in [5.74, 6) is 0. The lowest BCUT2D eigenvalue weighted by Crippen LogP contribution is -2.03. The van der Waals surface area contributed by atoms with Crippen LogP contribution < -0.4 is 0 Å². The topological polar surface area (TPSA) is 12.4 Å². The number of aliphatic imine (C=N–C) groups is 1. The Kier molecular flexibility index (Phi) is 1.47. The van der Waals surface area contributed by atoms with Crippen LogP contribution in [-0.4, -0.2) is 12.3 Å². The van der Waals surface area contributed by atoms with Gasteiger partial charge in [-0.1, -0.05) is 6.58 Å². The highest BCUT2D eigenvalue weighted by molar-refractivity contribution is 5.98. The molecule has 0 aliphatic carbocycles. The fourth-order valence-electron chi connectivity index (χ4n) is 0.832. The molecule has 44 valence electrons. The summed E-state index contributed by atoms with van der Waals surface area (Å²) >= 11 is 0.